The zero-order chi connectivity index (χ0) is 22.9. The van der Waals surface area contributed by atoms with Gasteiger partial charge in [0.05, 0.1) is 10.2 Å². The number of hydrogen-bond donors (Lipinski definition) is 0. The molecule has 0 aliphatic carbocycles. The predicted octanol–water partition coefficient (Wildman–Crippen LogP) is 5.85. The van der Waals surface area contributed by atoms with Crippen molar-refractivity contribution in [1.29, 1.82) is 0 Å². The van der Waals surface area contributed by atoms with Gasteiger partial charge in [-0.25, -0.2) is 0 Å². The lowest BCUT2D eigenvalue weighted by molar-refractivity contribution is -0.384. The van der Waals surface area contributed by atoms with Crippen LogP contribution in [0.15, 0.2) is 62.6 Å². The van der Waals surface area contributed by atoms with Crippen LogP contribution in [0.5, 0.6) is 0 Å². The average Bonchev–Trinajstić information content (AvgIpc) is 3.43. The molecule has 2 heterocycles. The van der Waals surface area contributed by atoms with Crippen molar-refractivity contribution in [3.8, 4) is 22.9 Å². The number of rotatable bonds is 6. The van der Waals surface area contributed by atoms with E-state index in [4.69, 9.17) is 8.83 Å². The third kappa shape index (κ3) is 4.70. The fraction of sp³-hybridized carbons (Fsp3) is 0.273. The maximum atomic E-state index is 10.8. The summed E-state index contributed by atoms with van der Waals surface area (Å²) in [5.41, 5.74) is 2.75. The number of nitro groups is 1. The summed E-state index contributed by atoms with van der Waals surface area (Å²) in [7, 11) is 0. The highest BCUT2D eigenvalue weighted by Crippen LogP contribution is 2.36. The molecule has 2 aromatic heterocycles. The molecule has 0 unspecified atom stereocenters. The van der Waals surface area contributed by atoms with Gasteiger partial charge in [-0.3, -0.25) is 10.1 Å². The summed E-state index contributed by atoms with van der Waals surface area (Å²) in [4.78, 5) is 10.3. The van der Waals surface area contributed by atoms with E-state index in [2.05, 4.69) is 53.3 Å². The van der Waals surface area contributed by atoms with Crippen LogP contribution in [-0.4, -0.2) is 25.3 Å². The lowest BCUT2D eigenvalue weighted by Gasteiger charge is -2.18. The van der Waals surface area contributed by atoms with Crippen LogP contribution >= 0.6 is 11.8 Å². The molecule has 0 aliphatic rings. The molecule has 0 saturated carbocycles. The van der Waals surface area contributed by atoms with Gasteiger partial charge in [0.1, 0.15) is 0 Å². The largest absolute Gasteiger partial charge is 0.419 e. The molecule has 0 N–H and O–H groups in total. The van der Waals surface area contributed by atoms with E-state index >= 15 is 0 Å². The zero-order valence-electron chi connectivity index (χ0n) is 18.0. The molecule has 0 spiro atoms. The third-order valence-corrected chi connectivity index (χ3v) is 5.72. The van der Waals surface area contributed by atoms with E-state index < -0.39 is 4.92 Å². The lowest BCUT2D eigenvalue weighted by atomic mass is 9.87. The highest BCUT2D eigenvalue weighted by molar-refractivity contribution is 7.99. The molecule has 4 rings (SSSR count). The van der Waals surface area contributed by atoms with Crippen LogP contribution in [0, 0.1) is 10.1 Å². The highest BCUT2D eigenvalue weighted by Gasteiger charge is 2.21. The standard InChI is InChI=1S/C22H21N5O4S/c1-13(18-23-24-19(30-18)15-7-11-17(12-8-15)27(28)29)32-21-26-25-20(31-21)14-5-9-16(10-6-14)22(2,3)4/h5-13H,1-4H3/t13-/m0/s1. The maximum absolute atomic E-state index is 10.8. The van der Waals surface area contributed by atoms with Gasteiger partial charge in [0.25, 0.3) is 10.9 Å². The second-order valence-electron chi connectivity index (χ2n) is 8.21. The first-order valence-electron chi connectivity index (χ1n) is 9.90. The Labute approximate surface area is 188 Å². The van der Waals surface area contributed by atoms with Crippen LogP contribution in [0.3, 0.4) is 0 Å². The first-order chi connectivity index (χ1) is 15.2. The number of nitro benzene ring substituents is 1. The molecule has 0 aliphatic heterocycles. The van der Waals surface area contributed by atoms with E-state index in [9.17, 15) is 10.1 Å². The molecule has 9 nitrogen and oxygen atoms in total. The van der Waals surface area contributed by atoms with Gasteiger partial charge in [-0.15, -0.1) is 20.4 Å². The Bertz CT molecular complexity index is 1230. The van der Waals surface area contributed by atoms with Crippen LogP contribution in [-0.2, 0) is 5.41 Å². The Balaban J connectivity index is 1.44. The predicted molar refractivity (Wildman–Crippen MR) is 119 cm³/mol. The quantitative estimate of drug-likeness (QED) is 0.202. The Morgan fingerprint density at radius 3 is 2.03 bits per heavy atom. The number of non-ortho nitro benzene ring substituents is 1. The van der Waals surface area contributed by atoms with Crippen molar-refractivity contribution in [1.82, 2.24) is 20.4 Å². The molecule has 0 saturated heterocycles. The third-order valence-electron chi connectivity index (χ3n) is 4.80. The van der Waals surface area contributed by atoms with Gasteiger partial charge in [0.2, 0.25) is 17.7 Å². The topological polar surface area (TPSA) is 121 Å². The van der Waals surface area contributed by atoms with Gasteiger partial charge in [-0.2, -0.15) is 0 Å². The van der Waals surface area contributed by atoms with E-state index in [1.54, 1.807) is 12.1 Å². The molecule has 0 radical (unpaired) electrons. The van der Waals surface area contributed by atoms with Gasteiger partial charge >= 0.3 is 0 Å². The van der Waals surface area contributed by atoms with Crippen LogP contribution < -0.4 is 0 Å². The minimum atomic E-state index is -0.459. The molecule has 164 valence electrons. The average molecular weight is 452 g/mol. The van der Waals surface area contributed by atoms with Crippen molar-refractivity contribution in [2.75, 3.05) is 0 Å². The molecule has 32 heavy (non-hydrogen) atoms. The van der Waals surface area contributed by atoms with Crippen molar-refractivity contribution in [3.05, 3.63) is 70.1 Å². The fourth-order valence-electron chi connectivity index (χ4n) is 2.93. The molecule has 0 bridgehead atoms. The summed E-state index contributed by atoms with van der Waals surface area (Å²) in [6.07, 6.45) is 0. The molecule has 2 aromatic carbocycles. The van der Waals surface area contributed by atoms with Crippen LogP contribution in [0.25, 0.3) is 22.9 Å². The summed E-state index contributed by atoms with van der Waals surface area (Å²) in [6, 6.07) is 14.0. The Morgan fingerprint density at radius 2 is 1.44 bits per heavy atom. The molecular weight excluding hydrogens is 430 g/mol. The first-order valence-corrected chi connectivity index (χ1v) is 10.8. The van der Waals surface area contributed by atoms with Crippen LogP contribution in [0.4, 0.5) is 5.69 Å². The van der Waals surface area contributed by atoms with E-state index in [1.807, 2.05) is 19.1 Å². The summed E-state index contributed by atoms with van der Waals surface area (Å²) in [5.74, 6) is 1.11. The smallest absolute Gasteiger partial charge is 0.277 e. The van der Waals surface area contributed by atoms with Gasteiger partial charge < -0.3 is 8.83 Å². The number of benzene rings is 2. The van der Waals surface area contributed by atoms with Crippen LogP contribution in [0.2, 0.25) is 0 Å². The number of hydrogen-bond acceptors (Lipinski definition) is 9. The zero-order valence-corrected chi connectivity index (χ0v) is 18.8. The minimum absolute atomic E-state index is 0.00217. The van der Waals surface area contributed by atoms with E-state index in [1.165, 1.54) is 29.5 Å². The van der Waals surface area contributed by atoms with Crippen LogP contribution in [0.1, 0.15) is 44.4 Å². The van der Waals surface area contributed by atoms with Gasteiger partial charge in [-0.05, 0) is 42.2 Å². The van der Waals surface area contributed by atoms with E-state index in [0.29, 0.717) is 22.6 Å². The number of aromatic nitrogens is 4. The first kappa shape index (κ1) is 21.7. The Kier molecular flexibility index (Phi) is 5.79. The highest BCUT2D eigenvalue weighted by atomic mass is 32.2. The monoisotopic (exact) mass is 451 g/mol. The molecule has 0 fully saturated rings. The Hall–Kier alpha value is -3.53. The van der Waals surface area contributed by atoms with Crippen molar-refractivity contribution in [3.63, 3.8) is 0 Å². The normalized spacial score (nSPS) is 12.6. The Morgan fingerprint density at radius 1 is 0.875 bits per heavy atom. The van der Waals surface area contributed by atoms with Gasteiger partial charge in [0.15, 0.2) is 0 Å². The minimum Gasteiger partial charge on any atom is -0.419 e. The van der Waals surface area contributed by atoms with Gasteiger partial charge in [0, 0.05) is 23.3 Å². The summed E-state index contributed by atoms with van der Waals surface area (Å²) >= 11 is 1.31. The summed E-state index contributed by atoms with van der Waals surface area (Å²) in [6.45, 7) is 8.38. The number of thioether (sulfide) groups is 1. The molecule has 1 atom stereocenters. The second kappa shape index (κ2) is 8.54. The van der Waals surface area contributed by atoms with Gasteiger partial charge in [-0.1, -0.05) is 44.7 Å². The fourth-order valence-corrected chi connectivity index (χ4v) is 3.64. The van der Waals surface area contributed by atoms with Crippen molar-refractivity contribution in [2.24, 2.45) is 0 Å². The maximum Gasteiger partial charge on any atom is 0.277 e. The SMILES string of the molecule is C[C@H](Sc1nnc(-c2ccc(C(C)(C)C)cc2)o1)c1nnc(-c2ccc([N+](=O)[O-])cc2)o1. The van der Waals surface area contributed by atoms with Crippen molar-refractivity contribution in [2.45, 2.75) is 43.6 Å². The summed E-state index contributed by atoms with van der Waals surface area (Å²) in [5, 5.41) is 27.3. The molecule has 4 aromatic rings. The van der Waals surface area contributed by atoms with Crippen molar-refractivity contribution >= 4 is 17.4 Å². The van der Waals surface area contributed by atoms with Crippen molar-refractivity contribution < 1.29 is 13.8 Å². The lowest BCUT2D eigenvalue weighted by Crippen LogP contribution is -2.10. The molecular formula is C22H21N5O4S. The second-order valence-corrected chi connectivity index (χ2v) is 9.50. The van der Waals surface area contributed by atoms with E-state index in [0.717, 1.165) is 5.56 Å². The molecule has 0 amide bonds. The number of nitrogens with zero attached hydrogens (tertiary/aromatic N) is 5. The molecule has 10 heteroatoms. The van der Waals surface area contributed by atoms with E-state index in [-0.39, 0.29) is 22.2 Å². The summed E-state index contributed by atoms with van der Waals surface area (Å²) < 4.78 is 11.5.